The Morgan fingerprint density at radius 2 is 0.857 bits per heavy atom. The van der Waals surface area contributed by atoms with Crippen molar-refractivity contribution in [3.63, 3.8) is 0 Å². The van der Waals surface area contributed by atoms with Crippen LogP contribution < -0.4 is 5.73 Å². The lowest BCUT2D eigenvalue weighted by atomic mass is 10.0. The van der Waals surface area contributed by atoms with Gasteiger partial charge in [-0.15, -0.1) is 0 Å². The van der Waals surface area contributed by atoms with E-state index in [9.17, 15) is 0 Å². The predicted molar refractivity (Wildman–Crippen MR) is 94.6 cm³/mol. The monoisotopic (exact) mass is 299 g/mol. The molecular weight excluding hydrogens is 258 g/mol. The lowest BCUT2D eigenvalue weighted by molar-refractivity contribution is 0.136. The minimum atomic E-state index is 0.374. The SMILES string of the molecule is CCCCCCCCCCCCCCCCCCOCN. The summed E-state index contributed by atoms with van der Waals surface area (Å²) in [4.78, 5) is 0. The molecule has 21 heavy (non-hydrogen) atoms. The molecule has 0 saturated heterocycles. The van der Waals surface area contributed by atoms with Crippen LogP contribution in [0.25, 0.3) is 0 Å². The van der Waals surface area contributed by atoms with Gasteiger partial charge in [0.05, 0.1) is 6.73 Å². The fraction of sp³-hybridized carbons (Fsp3) is 1.00. The topological polar surface area (TPSA) is 35.2 Å². The fourth-order valence-electron chi connectivity index (χ4n) is 2.84. The van der Waals surface area contributed by atoms with Crippen LogP contribution in [0.4, 0.5) is 0 Å². The molecule has 0 aliphatic carbocycles. The summed E-state index contributed by atoms with van der Waals surface area (Å²) in [5.41, 5.74) is 5.27. The molecule has 2 nitrogen and oxygen atoms in total. The maximum atomic E-state index is 5.27. The normalized spacial score (nSPS) is 11.1. The first-order chi connectivity index (χ1) is 10.4. The Balaban J connectivity index is 2.90. The molecule has 0 rings (SSSR count). The third-order valence-electron chi connectivity index (χ3n) is 4.26. The summed E-state index contributed by atoms with van der Waals surface area (Å²) in [5, 5.41) is 0. The van der Waals surface area contributed by atoms with Gasteiger partial charge in [-0.3, -0.25) is 0 Å². The summed E-state index contributed by atoms with van der Waals surface area (Å²) < 4.78 is 5.13. The average molecular weight is 300 g/mol. The van der Waals surface area contributed by atoms with E-state index in [0.29, 0.717) is 6.73 Å². The molecule has 0 spiro atoms. The minimum absolute atomic E-state index is 0.374. The summed E-state index contributed by atoms with van der Waals surface area (Å²) in [6, 6.07) is 0. The maximum Gasteiger partial charge on any atom is 0.0940 e. The van der Waals surface area contributed by atoms with Crippen LogP contribution in [0.2, 0.25) is 0 Å². The standard InChI is InChI=1S/C19H41NO/c1-2-3-4-5-6-7-8-9-10-11-12-13-14-15-16-17-18-21-19-20/h2-20H2,1H3. The van der Waals surface area contributed by atoms with Gasteiger partial charge in [0.1, 0.15) is 0 Å². The predicted octanol–water partition coefficient (Wildman–Crippen LogP) is 6.18. The molecule has 0 fully saturated rings. The van der Waals surface area contributed by atoms with E-state index in [4.69, 9.17) is 10.5 Å². The zero-order valence-corrected chi connectivity index (χ0v) is 14.7. The molecule has 0 bridgehead atoms. The molecule has 0 heterocycles. The van der Waals surface area contributed by atoms with E-state index in [0.717, 1.165) is 6.61 Å². The van der Waals surface area contributed by atoms with Gasteiger partial charge in [0.15, 0.2) is 0 Å². The van der Waals surface area contributed by atoms with Crippen LogP contribution in [0.15, 0.2) is 0 Å². The summed E-state index contributed by atoms with van der Waals surface area (Å²) in [5.74, 6) is 0. The zero-order valence-electron chi connectivity index (χ0n) is 14.7. The Labute approximate surface area is 134 Å². The first kappa shape index (κ1) is 20.9. The number of rotatable bonds is 18. The third-order valence-corrected chi connectivity index (χ3v) is 4.26. The molecule has 0 radical (unpaired) electrons. The number of nitrogens with two attached hydrogens (primary N) is 1. The summed E-state index contributed by atoms with van der Waals surface area (Å²) in [7, 11) is 0. The van der Waals surface area contributed by atoms with Gasteiger partial charge in [-0.05, 0) is 6.42 Å². The van der Waals surface area contributed by atoms with Gasteiger partial charge in [-0.1, -0.05) is 103 Å². The van der Waals surface area contributed by atoms with Crippen molar-refractivity contribution in [2.75, 3.05) is 13.3 Å². The van der Waals surface area contributed by atoms with Crippen molar-refractivity contribution >= 4 is 0 Å². The lowest BCUT2D eigenvalue weighted by Gasteiger charge is -2.03. The van der Waals surface area contributed by atoms with E-state index in [-0.39, 0.29) is 0 Å². The molecule has 0 unspecified atom stereocenters. The van der Waals surface area contributed by atoms with Gasteiger partial charge >= 0.3 is 0 Å². The van der Waals surface area contributed by atoms with E-state index >= 15 is 0 Å². The van der Waals surface area contributed by atoms with Crippen molar-refractivity contribution in [2.45, 2.75) is 110 Å². The zero-order chi connectivity index (χ0) is 15.4. The molecule has 0 aromatic heterocycles. The molecule has 2 N–H and O–H groups in total. The third kappa shape index (κ3) is 19.9. The Morgan fingerprint density at radius 3 is 1.19 bits per heavy atom. The van der Waals surface area contributed by atoms with E-state index in [1.807, 2.05) is 0 Å². The maximum absolute atomic E-state index is 5.27. The van der Waals surface area contributed by atoms with Crippen LogP contribution in [0, 0.1) is 0 Å². The van der Waals surface area contributed by atoms with Crippen LogP contribution in [0.5, 0.6) is 0 Å². The second kappa shape index (κ2) is 19.9. The second-order valence-electron chi connectivity index (χ2n) is 6.38. The van der Waals surface area contributed by atoms with Gasteiger partial charge in [0, 0.05) is 6.61 Å². The smallest absolute Gasteiger partial charge is 0.0940 e. The van der Waals surface area contributed by atoms with Crippen molar-refractivity contribution < 1.29 is 4.74 Å². The molecule has 0 aromatic rings. The van der Waals surface area contributed by atoms with Crippen molar-refractivity contribution in [1.29, 1.82) is 0 Å². The Kier molecular flexibility index (Phi) is 19.8. The van der Waals surface area contributed by atoms with E-state index in [1.54, 1.807) is 0 Å². The molecule has 0 atom stereocenters. The van der Waals surface area contributed by atoms with E-state index < -0.39 is 0 Å². The lowest BCUT2D eigenvalue weighted by Crippen LogP contribution is -2.05. The van der Waals surface area contributed by atoms with Crippen LogP contribution >= 0.6 is 0 Å². The van der Waals surface area contributed by atoms with E-state index in [2.05, 4.69) is 6.92 Å². The van der Waals surface area contributed by atoms with E-state index in [1.165, 1.54) is 103 Å². The second-order valence-corrected chi connectivity index (χ2v) is 6.38. The fourth-order valence-corrected chi connectivity index (χ4v) is 2.84. The van der Waals surface area contributed by atoms with Crippen molar-refractivity contribution in [1.82, 2.24) is 0 Å². The van der Waals surface area contributed by atoms with Crippen LogP contribution in [0.3, 0.4) is 0 Å². The van der Waals surface area contributed by atoms with Gasteiger partial charge in [0.25, 0.3) is 0 Å². The number of unbranched alkanes of at least 4 members (excludes halogenated alkanes) is 15. The minimum Gasteiger partial charge on any atom is -0.367 e. The van der Waals surface area contributed by atoms with Crippen LogP contribution in [-0.4, -0.2) is 13.3 Å². The quantitative estimate of drug-likeness (QED) is 0.242. The molecule has 0 amide bonds. The van der Waals surface area contributed by atoms with Crippen LogP contribution in [-0.2, 0) is 4.74 Å². The summed E-state index contributed by atoms with van der Waals surface area (Å²) in [6.07, 6.45) is 22.6. The highest BCUT2D eigenvalue weighted by molar-refractivity contribution is 4.49. The number of ether oxygens (including phenoxy) is 1. The number of hydrogen-bond donors (Lipinski definition) is 1. The highest BCUT2D eigenvalue weighted by atomic mass is 16.5. The first-order valence-corrected chi connectivity index (χ1v) is 9.69. The Morgan fingerprint density at radius 1 is 0.524 bits per heavy atom. The average Bonchev–Trinajstić information content (AvgIpc) is 2.50. The number of hydrogen-bond acceptors (Lipinski definition) is 2. The highest BCUT2D eigenvalue weighted by Crippen LogP contribution is 2.13. The van der Waals surface area contributed by atoms with Crippen molar-refractivity contribution in [3.8, 4) is 0 Å². The molecule has 128 valence electrons. The Bertz CT molecular complexity index is 155. The molecule has 0 aliphatic rings. The molecule has 0 saturated carbocycles. The molecule has 0 aromatic carbocycles. The van der Waals surface area contributed by atoms with Gasteiger partial charge in [-0.25, -0.2) is 0 Å². The summed E-state index contributed by atoms with van der Waals surface area (Å²) >= 11 is 0. The van der Waals surface area contributed by atoms with Gasteiger partial charge in [-0.2, -0.15) is 0 Å². The highest BCUT2D eigenvalue weighted by Gasteiger charge is 1.94. The summed E-state index contributed by atoms with van der Waals surface area (Å²) in [6.45, 7) is 3.50. The van der Waals surface area contributed by atoms with Gasteiger partial charge < -0.3 is 10.5 Å². The van der Waals surface area contributed by atoms with Crippen molar-refractivity contribution in [2.24, 2.45) is 5.73 Å². The molecule has 2 heteroatoms. The van der Waals surface area contributed by atoms with Gasteiger partial charge in [0.2, 0.25) is 0 Å². The molecular formula is C19H41NO. The van der Waals surface area contributed by atoms with Crippen LogP contribution in [0.1, 0.15) is 110 Å². The molecule has 0 aliphatic heterocycles. The largest absolute Gasteiger partial charge is 0.367 e. The van der Waals surface area contributed by atoms with Crippen molar-refractivity contribution in [3.05, 3.63) is 0 Å². The Hall–Kier alpha value is -0.0800. The first-order valence-electron chi connectivity index (χ1n) is 9.69.